The van der Waals surface area contributed by atoms with Crippen LogP contribution in [0.4, 0.5) is 8.78 Å². The van der Waals surface area contributed by atoms with Crippen LogP contribution in [-0.2, 0) is 11.4 Å². The molecule has 0 saturated carbocycles. The van der Waals surface area contributed by atoms with Crippen molar-refractivity contribution in [3.8, 4) is 11.8 Å². The van der Waals surface area contributed by atoms with Gasteiger partial charge in [0.15, 0.2) is 0 Å². The van der Waals surface area contributed by atoms with Crippen LogP contribution < -0.4 is 4.74 Å². The summed E-state index contributed by atoms with van der Waals surface area (Å²) in [5.41, 5.74) is 1.19. The van der Waals surface area contributed by atoms with Crippen LogP contribution in [0.1, 0.15) is 35.2 Å². The molecule has 2 aliphatic heterocycles. The number of carbonyl (C=O) groups excluding carboxylic acids is 2. The number of amides is 2. The van der Waals surface area contributed by atoms with E-state index in [0.717, 1.165) is 10.5 Å². The third-order valence-corrected chi connectivity index (χ3v) is 5.85. The lowest BCUT2D eigenvalue weighted by Crippen LogP contribution is -2.49. The number of hydrogen-bond acceptors (Lipinski definition) is 4. The molecule has 0 spiro atoms. The summed E-state index contributed by atoms with van der Waals surface area (Å²) in [4.78, 5) is 28.2. The first-order valence-corrected chi connectivity index (χ1v) is 10.5. The van der Waals surface area contributed by atoms with E-state index >= 15 is 0 Å². The number of nitrogens with zero attached hydrogens (tertiary/aromatic N) is 3. The molecule has 6 nitrogen and oxygen atoms in total. The van der Waals surface area contributed by atoms with Crippen LogP contribution in [0.25, 0.3) is 0 Å². The fourth-order valence-electron chi connectivity index (χ4n) is 4.21. The lowest BCUT2D eigenvalue weighted by Gasteiger charge is -2.28. The number of nitriles is 1. The number of alkyl halides is 2. The first kappa shape index (κ1) is 21.8. The number of benzene rings is 2. The van der Waals surface area contributed by atoms with Gasteiger partial charge in [0.25, 0.3) is 11.8 Å². The zero-order valence-corrected chi connectivity index (χ0v) is 17.4. The van der Waals surface area contributed by atoms with Crippen molar-refractivity contribution >= 4 is 11.8 Å². The molecule has 8 heteroatoms. The molecule has 0 bridgehead atoms. The molecule has 2 aromatic rings. The molecular weight excluding hydrogens is 416 g/mol. The maximum atomic E-state index is 14.2. The molecule has 0 unspecified atom stereocenters. The Hall–Kier alpha value is -3.47. The number of carbonyl (C=O) groups is 2. The van der Waals surface area contributed by atoms with E-state index in [1.165, 1.54) is 17.0 Å². The molecule has 32 heavy (non-hydrogen) atoms. The zero-order valence-electron chi connectivity index (χ0n) is 17.4. The van der Waals surface area contributed by atoms with Crippen LogP contribution in [0.2, 0.25) is 0 Å². The smallest absolute Gasteiger partial charge is 0.267 e. The van der Waals surface area contributed by atoms with Crippen LogP contribution in [0.15, 0.2) is 54.6 Å². The monoisotopic (exact) mass is 439 g/mol. The van der Waals surface area contributed by atoms with Gasteiger partial charge in [-0.05, 0) is 42.7 Å². The maximum Gasteiger partial charge on any atom is 0.267 e. The van der Waals surface area contributed by atoms with Gasteiger partial charge in [0, 0.05) is 18.5 Å². The number of hydrogen-bond donors (Lipinski definition) is 0. The Labute approximate surface area is 185 Å². The molecule has 166 valence electrons. The molecule has 0 N–H and O–H groups in total. The van der Waals surface area contributed by atoms with Gasteiger partial charge in [-0.2, -0.15) is 5.26 Å². The summed E-state index contributed by atoms with van der Waals surface area (Å²) in [6.45, 7) is -0.118. The van der Waals surface area contributed by atoms with Crippen LogP contribution >= 0.6 is 0 Å². The average molecular weight is 439 g/mol. The summed E-state index contributed by atoms with van der Waals surface area (Å²) in [5, 5.41) is 9.24. The zero-order chi connectivity index (χ0) is 22.7. The average Bonchev–Trinajstić information content (AvgIpc) is 3.41. The first-order valence-electron chi connectivity index (χ1n) is 10.5. The Morgan fingerprint density at radius 1 is 1.09 bits per heavy atom. The standard InChI is InChI=1S/C24H23F2N3O3/c25-24(26)13-21(23(31)28-12-4-7-19(28)14-27)29(16-24)22(30)18-8-10-20(11-9-18)32-15-17-5-2-1-3-6-17/h1-3,5-6,8-11,19,21H,4,7,12-13,15-16H2/t19-,21-/m0/s1. The molecule has 2 aliphatic rings. The lowest BCUT2D eigenvalue weighted by atomic mass is 10.1. The Bertz CT molecular complexity index is 1020. The van der Waals surface area contributed by atoms with Gasteiger partial charge in [0.1, 0.15) is 24.4 Å². The fraction of sp³-hybridized carbons (Fsp3) is 0.375. The van der Waals surface area contributed by atoms with Gasteiger partial charge >= 0.3 is 0 Å². The summed E-state index contributed by atoms with van der Waals surface area (Å²) in [6, 6.07) is 16.0. The minimum absolute atomic E-state index is 0.200. The number of halogens is 2. The lowest BCUT2D eigenvalue weighted by molar-refractivity contribution is -0.135. The minimum atomic E-state index is -3.16. The van der Waals surface area contributed by atoms with E-state index in [9.17, 15) is 23.6 Å². The van der Waals surface area contributed by atoms with E-state index in [2.05, 4.69) is 0 Å². The van der Waals surface area contributed by atoms with Crippen molar-refractivity contribution in [2.75, 3.05) is 13.1 Å². The Balaban J connectivity index is 1.46. The van der Waals surface area contributed by atoms with E-state index in [0.29, 0.717) is 31.7 Å². The Morgan fingerprint density at radius 3 is 2.50 bits per heavy atom. The number of likely N-dealkylation sites (tertiary alicyclic amines) is 2. The molecule has 2 fully saturated rings. The predicted octanol–water partition coefficient (Wildman–Crippen LogP) is 3.63. The molecule has 0 aliphatic carbocycles. The summed E-state index contributed by atoms with van der Waals surface area (Å²) in [5.74, 6) is -3.83. The quantitative estimate of drug-likeness (QED) is 0.713. The van der Waals surface area contributed by atoms with E-state index in [1.54, 1.807) is 12.1 Å². The Kier molecular flexibility index (Phi) is 6.08. The van der Waals surface area contributed by atoms with Crippen LogP contribution in [-0.4, -0.2) is 52.7 Å². The van der Waals surface area contributed by atoms with Crippen molar-refractivity contribution in [2.24, 2.45) is 0 Å². The minimum Gasteiger partial charge on any atom is -0.489 e. The predicted molar refractivity (Wildman–Crippen MR) is 112 cm³/mol. The van der Waals surface area contributed by atoms with Gasteiger partial charge in [-0.1, -0.05) is 30.3 Å². The van der Waals surface area contributed by atoms with Crippen LogP contribution in [0.5, 0.6) is 5.75 Å². The molecule has 2 aromatic carbocycles. The molecular formula is C24H23F2N3O3. The molecule has 2 amide bonds. The van der Waals surface area contributed by atoms with E-state index in [4.69, 9.17) is 4.74 Å². The molecule has 2 heterocycles. The second kappa shape index (κ2) is 8.95. The highest BCUT2D eigenvalue weighted by molar-refractivity contribution is 5.98. The van der Waals surface area contributed by atoms with Crippen molar-refractivity contribution < 1.29 is 23.1 Å². The highest BCUT2D eigenvalue weighted by Gasteiger charge is 2.52. The van der Waals surface area contributed by atoms with Gasteiger partial charge in [-0.15, -0.1) is 0 Å². The summed E-state index contributed by atoms with van der Waals surface area (Å²) in [7, 11) is 0. The molecule has 2 atom stereocenters. The van der Waals surface area contributed by atoms with E-state index in [1.807, 2.05) is 36.4 Å². The SMILES string of the molecule is N#C[C@@H]1CCCN1C(=O)[C@@H]1CC(F)(F)CN1C(=O)c1ccc(OCc2ccccc2)cc1. The normalized spacial score (nSPS) is 21.9. The number of rotatable bonds is 5. The highest BCUT2D eigenvalue weighted by atomic mass is 19.3. The molecule has 0 aromatic heterocycles. The largest absolute Gasteiger partial charge is 0.489 e. The fourth-order valence-corrected chi connectivity index (χ4v) is 4.21. The van der Waals surface area contributed by atoms with Crippen molar-refractivity contribution in [1.29, 1.82) is 5.26 Å². The Morgan fingerprint density at radius 2 is 1.81 bits per heavy atom. The third kappa shape index (κ3) is 4.57. The van der Waals surface area contributed by atoms with E-state index < -0.39 is 42.8 Å². The van der Waals surface area contributed by atoms with E-state index in [-0.39, 0.29) is 5.56 Å². The first-order chi connectivity index (χ1) is 15.4. The van der Waals surface area contributed by atoms with Crippen molar-refractivity contribution in [1.82, 2.24) is 9.80 Å². The number of ether oxygens (including phenoxy) is 1. The van der Waals surface area contributed by atoms with Crippen LogP contribution in [0.3, 0.4) is 0 Å². The van der Waals surface area contributed by atoms with Gasteiger partial charge in [-0.3, -0.25) is 9.59 Å². The second-order valence-electron chi connectivity index (χ2n) is 8.13. The van der Waals surface area contributed by atoms with Gasteiger partial charge in [-0.25, -0.2) is 8.78 Å². The molecule has 4 rings (SSSR count). The summed E-state index contributed by atoms with van der Waals surface area (Å²) in [6.07, 6.45) is 0.430. The summed E-state index contributed by atoms with van der Waals surface area (Å²) >= 11 is 0. The maximum absolute atomic E-state index is 14.2. The topological polar surface area (TPSA) is 73.6 Å². The molecule has 0 radical (unpaired) electrons. The van der Waals surface area contributed by atoms with Crippen LogP contribution in [0, 0.1) is 11.3 Å². The summed E-state index contributed by atoms with van der Waals surface area (Å²) < 4.78 is 34.1. The van der Waals surface area contributed by atoms with Gasteiger partial charge in [0.2, 0.25) is 5.91 Å². The van der Waals surface area contributed by atoms with Crippen molar-refractivity contribution in [2.45, 2.75) is 43.9 Å². The molecule has 2 saturated heterocycles. The van der Waals surface area contributed by atoms with Crippen molar-refractivity contribution in [3.63, 3.8) is 0 Å². The highest BCUT2D eigenvalue weighted by Crippen LogP contribution is 2.35. The second-order valence-corrected chi connectivity index (χ2v) is 8.13. The van der Waals surface area contributed by atoms with Gasteiger partial charge in [0.05, 0.1) is 12.6 Å². The van der Waals surface area contributed by atoms with Gasteiger partial charge < -0.3 is 14.5 Å². The third-order valence-electron chi connectivity index (χ3n) is 5.85. The van der Waals surface area contributed by atoms with Crippen molar-refractivity contribution in [3.05, 3.63) is 65.7 Å².